The summed E-state index contributed by atoms with van der Waals surface area (Å²) >= 11 is 0. The molecule has 1 heterocycles. The van der Waals surface area contributed by atoms with E-state index in [1.54, 1.807) is 23.1 Å². The van der Waals surface area contributed by atoms with Crippen LogP contribution in [0.2, 0.25) is 0 Å². The van der Waals surface area contributed by atoms with Gasteiger partial charge in [0.15, 0.2) is 0 Å². The van der Waals surface area contributed by atoms with Gasteiger partial charge in [-0.2, -0.15) is 0 Å². The van der Waals surface area contributed by atoms with Crippen molar-refractivity contribution < 1.29 is 14.6 Å². The molecule has 1 aromatic carbocycles. The van der Waals surface area contributed by atoms with Crippen LogP contribution in [-0.2, 0) is 16.0 Å². The lowest BCUT2D eigenvalue weighted by Gasteiger charge is -2.19. The van der Waals surface area contributed by atoms with Crippen LogP contribution in [0.25, 0.3) is 0 Å². The van der Waals surface area contributed by atoms with E-state index >= 15 is 0 Å². The summed E-state index contributed by atoms with van der Waals surface area (Å²) in [5, 5.41) is 9.62. The van der Waals surface area contributed by atoms with Gasteiger partial charge in [-0.15, -0.1) is 0 Å². The molecule has 0 radical (unpaired) electrons. The predicted octanol–water partition coefficient (Wildman–Crippen LogP) is 1.18. The average molecular weight is 235 g/mol. The molecule has 0 bridgehead atoms. The lowest BCUT2D eigenvalue weighted by Crippen LogP contribution is -2.34. The number of aromatic hydroxyl groups is 1. The van der Waals surface area contributed by atoms with E-state index in [0.29, 0.717) is 18.7 Å². The van der Waals surface area contributed by atoms with Crippen molar-refractivity contribution in [2.75, 3.05) is 26.3 Å². The number of nitrogens with zero attached hydrogens (tertiary/aromatic N) is 1. The Hall–Kier alpha value is -1.55. The van der Waals surface area contributed by atoms with E-state index in [9.17, 15) is 9.90 Å². The summed E-state index contributed by atoms with van der Waals surface area (Å²) in [6.07, 6.45) is 1.14. The van der Waals surface area contributed by atoms with Crippen molar-refractivity contribution in [1.29, 1.82) is 0 Å². The zero-order valence-corrected chi connectivity index (χ0v) is 9.76. The number of ether oxygens (including phenoxy) is 1. The second kappa shape index (κ2) is 5.68. The second-order valence-corrected chi connectivity index (χ2v) is 4.15. The quantitative estimate of drug-likeness (QED) is 0.837. The fourth-order valence-corrected chi connectivity index (χ4v) is 1.93. The van der Waals surface area contributed by atoms with Crippen molar-refractivity contribution in [3.05, 3.63) is 29.8 Å². The Bertz CT molecular complexity index is 384. The average Bonchev–Trinajstić information content (AvgIpc) is 2.61. The molecule has 0 spiro atoms. The molecule has 0 saturated carbocycles. The van der Waals surface area contributed by atoms with Crippen LogP contribution in [-0.4, -0.2) is 42.2 Å². The first-order valence-electron chi connectivity index (χ1n) is 5.90. The van der Waals surface area contributed by atoms with Crippen molar-refractivity contribution >= 4 is 5.91 Å². The number of phenols is 1. The van der Waals surface area contributed by atoms with Crippen LogP contribution in [0.15, 0.2) is 24.3 Å². The standard InChI is InChI=1S/C13H17NO3/c15-12-5-2-1-4-11(12)10-13(16)14-6-3-8-17-9-7-14/h1-2,4-5,15H,3,6-10H2. The Morgan fingerprint density at radius 3 is 2.94 bits per heavy atom. The van der Waals surface area contributed by atoms with E-state index in [4.69, 9.17) is 4.74 Å². The zero-order chi connectivity index (χ0) is 12.1. The molecule has 1 saturated heterocycles. The van der Waals surface area contributed by atoms with E-state index in [1.807, 2.05) is 6.07 Å². The lowest BCUT2D eigenvalue weighted by atomic mass is 10.1. The third-order valence-electron chi connectivity index (χ3n) is 2.91. The summed E-state index contributed by atoms with van der Waals surface area (Å²) in [6, 6.07) is 6.96. The SMILES string of the molecule is O=C(Cc1ccccc1O)N1CCCOCC1. The molecule has 0 aromatic heterocycles. The Labute approximate surface area is 101 Å². The van der Waals surface area contributed by atoms with Crippen molar-refractivity contribution in [2.24, 2.45) is 0 Å². The van der Waals surface area contributed by atoms with Gasteiger partial charge in [-0.1, -0.05) is 18.2 Å². The topological polar surface area (TPSA) is 49.8 Å². The minimum Gasteiger partial charge on any atom is -0.508 e. The number of benzene rings is 1. The van der Waals surface area contributed by atoms with Crippen LogP contribution in [0.5, 0.6) is 5.75 Å². The van der Waals surface area contributed by atoms with Crippen molar-refractivity contribution in [3.8, 4) is 5.75 Å². The van der Waals surface area contributed by atoms with Crippen LogP contribution in [0, 0.1) is 0 Å². The maximum atomic E-state index is 12.0. The van der Waals surface area contributed by atoms with Crippen LogP contribution < -0.4 is 0 Å². The van der Waals surface area contributed by atoms with E-state index in [2.05, 4.69) is 0 Å². The maximum absolute atomic E-state index is 12.0. The first kappa shape index (κ1) is 11.9. The van der Waals surface area contributed by atoms with Gasteiger partial charge in [0.05, 0.1) is 13.0 Å². The molecule has 1 fully saturated rings. The van der Waals surface area contributed by atoms with E-state index in [0.717, 1.165) is 19.6 Å². The Kier molecular flexibility index (Phi) is 3.98. The molecule has 0 unspecified atom stereocenters. The zero-order valence-electron chi connectivity index (χ0n) is 9.76. The summed E-state index contributed by atoms with van der Waals surface area (Å²) < 4.78 is 5.31. The van der Waals surface area contributed by atoms with Crippen LogP contribution in [0.3, 0.4) is 0 Å². The fraction of sp³-hybridized carbons (Fsp3) is 0.462. The fourth-order valence-electron chi connectivity index (χ4n) is 1.93. The smallest absolute Gasteiger partial charge is 0.227 e. The molecule has 2 rings (SSSR count). The summed E-state index contributed by atoms with van der Waals surface area (Å²) in [5.74, 6) is 0.240. The van der Waals surface area contributed by atoms with E-state index in [-0.39, 0.29) is 18.1 Å². The molecule has 92 valence electrons. The lowest BCUT2D eigenvalue weighted by molar-refractivity contribution is -0.130. The largest absolute Gasteiger partial charge is 0.508 e. The van der Waals surface area contributed by atoms with Crippen molar-refractivity contribution in [2.45, 2.75) is 12.8 Å². The number of para-hydroxylation sites is 1. The molecule has 1 aliphatic heterocycles. The number of amides is 1. The highest BCUT2D eigenvalue weighted by molar-refractivity contribution is 5.79. The van der Waals surface area contributed by atoms with Crippen LogP contribution in [0.1, 0.15) is 12.0 Å². The number of rotatable bonds is 2. The molecule has 1 aliphatic rings. The summed E-state index contributed by atoms with van der Waals surface area (Å²) in [6.45, 7) is 2.71. The first-order chi connectivity index (χ1) is 8.27. The molecular formula is C13H17NO3. The highest BCUT2D eigenvalue weighted by Crippen LogP contribution is 2.17. The minimum atomic E-state index is 0.0528. The molecular weight excluding hydrogens is 218 g/mol. The molecule has 4 heteroatoms. The summed E-state index contributed by atoms with van der Waals surface area (Å²) in [4.78, 5) is 13.8. The van der Waals surface area contributed by atoms with Gasteiger partial charge in [-0.25, -0.2) is 0 Å². The molecule has 4 nitrogen and oxygen atoms in total. The molecule has 1 aromatic rings. The third-order valence-corrected chi connectivity index (χ3v) is 2.91. The number of phenolic OH excluding ortho intramolecular Hbond substituents is 1. The van der Waals surface area contributed by atoms with Gasteiger partial charge < -0.3 is 14.7 Å². The molecule has 17 heavy (non-hydrogen) atoms. The monoisotopic (exact) mass is 235 g/mol. The van der Waals surface area contributed by atoms with Crippen LogP contribution in [0.4, 0.5) is 0 Å². The van der Waals surface area contributed by atoms with Gasteiger partial charge >= 0.3 is 0 Å². The first-order valence-corrected chi connectivity index (χ1v) is 5.90. The van der Waals surface area contributed by atoms with Crippen molar-refractivity contribution in [3.63, 3.8) is 0 Å². The van der Waals surface area contributed by atoms with Gasteiger partial charge in [-0.3, -0.25) is 4.79 Å². The van der Waals surface area contributed by atoms with E-state index in [1.165, 1.54) is 0 Å². The maximum Gasteiger partial charge on any atom is 0.227 e. The van der Waals surface area contributed by atoms with Gasteiger partial charge in [0, 0.05) is 25.3 Å². The summed E-state index contributed by atoms with van der Waals surface area (Å²) in [5.41, 5.74) is 0.683. The Balaban J connectivity index is 1.98. The normalized spacial score (nSPS) is 16.6. The Morgan fingerprint density at radius 2 is 2.12 bits per heavy atom. The number of hydrogen-bond acceptors (Lipinski definition) is 3. The van der Waals surface area contributed by atoms with Gasteiger partial charge in [0.25, 0.3) is 0 Å². The van der Waals surface area contributed by atoms with Crippen molar-refractivity contribution in [1.82, 2.24) is 4.90 Å². The van der Waals surface area contributed by atoms with Gasteiger partial charge in [-0.05, 0) is 12.5 Å². The number of carbonyl (C=O) groups is 1. The van der Waals surface area contributed by atoms with Gasteiger partial charge in [0.2, 0.25) is 5.91 Å². The molecule has 1 amide bonds. The highest BCUT2D eigenvalue weighted by atomic mass is 16.5. The number of hydrogen-bond donors (Lipinski definition) is 1. The third kappa shape index (κ3) is 3.20. The Morgan fingerprint density at radius 1 is 1.29 bits per heavy atom. The molecule has 1 N–H and O–H groups in total. The van der Waals surface area contributed by atoms with Crippen LogP contribution >= 0.6 is 0 Å². The number of carbonyl (C=O) groups excluding carboxylic acids is 1. The van der Waals surface area contributed by atoms with E-state index < -0.39 is 0 Å². The minimum absolute atomic E-state index is 0.0528. The predicted molar refractivity (Wildman–Crippen MR) is 63.8 cm³/mol. The highest BCUT2D eigenvalue weighted by Gasteiger charge is 2.16. The second-order valence-electron chi connectivity index (χ2n) is 4.15. The van der Waals surface area contributed by atoms with Gasteiger partial charge in [0.1, 0.15) is 5.75 Å². The molecule has 0 aliphatic carbocycles. The molecule has 0 atom stereocenters. The summed E-state index contributed by atoms with van der Waals surface area (Å²) in [7, 11) is 0.